The standard InChI is InChI=1S/C11H19N3O2/c1-4-5-14(6-7-15)8-10-12-11(9(2)3)13-16-10/h4,9,15H,1,5-8H2,2-3H3. The van der Waals surface area contributed by atoms with Crippen LogP contribution in [0.25, 0.3) is 0 Å². The Bertz CT molecular complexity index is 323. The molecule has 5 heteroatoms. The highest BCUT2D eigenvalue weighted by Crippen LogP contribution is 2.10. The summed E-state index contributed by atoms with van der Waals surface area (Å²) in [6, 6.07) is 0. The van der Waals surface area contributed by atoms with E-state index in [9.17, 15) is 0 Å². The van der Waals surface area contributed by atoms with Gasteiger partial charge in [0.1, 0.15) is 0 Å². The van der Waals surface area contributed by atoms with Crippen LogP contribution in [0.5, 0.6) is 0 Å². The van der Waals surface area contributed by atoms with Gasteiger partial charge in [0.2, 0.25) is 5.89 Å². The Morgan fingerprint density at radius 3 is 2.81 bits per heavy atom. The third-order valence-electron chi connectivity index (χ3n) is 2.16. The molecule has 0 saturated carbocycles. The Morgan fingerprint density at radius 2 is 2.31 bits per heavy atom. The Kier molecular flexibility index (Phi) is 5.14. The summed E-state index contributed by atoms with van der Waals surface area (Å²) in [6.45, 7) is 9.63. The molecule has 1 aromatic heterocycles. The Hall–Kier alpha value is -1.20. The summed E-state index contributed by atoms with van der Waals surface area (Å²) in [7, 11) is 0. The summed E-state index contributed by atoms with van der Waals surface area (Å²) >= 11 is 0. The highest BCUT2D eigenvalue weighted by atomic mass is 16.5. The minimum Gasteiger partial charge on any atom is -0.395 e. The van der Waals surface area contributed by atoms with Gasteiger partial charge in [-0.05, 0) is 0 Å². The van der Waals surface area contributed by atoms with Gasteiger partial charge in [-0.3, -0.25) is 4.90 Å². The molecule has 0 bridgehead atoms. The quantitative estimate of drug-likeness (QED) is 0.706. The molecule has 0 aliphatic carbocycles. The third-order valence-corrected chi connectivity index (χ3v) is 2.16. The lowest BCUT2D eigenvalue weighted by Crippen LogP contribution is -2.26. The van der Waals surface area contributed by atoms with Gasteiger partial charge in [-0.2, -0.15) is 4.98 Å². The molecule has 0 aromatic carbocycles. The SMILES string of the molecule is C=CCN(CCO)Cc1nc(C(C)C)no1. The van der Waals surface area contributed by atoms with Gasteiger partial charge in [-0.25, -0.2) is 0 Å². The molecular formula is C11H19N3O2. The number of nitrogens with zero attached hydrogens (tertiary/aromatic N) is 3. The summed E-state index contributed by atoms with van der Waals surface area (Å²) in [6.07, 6.45) is 1.79. The normalized spacial score (nSPS) is 11.3. The van der Waals surface area contributed by atoms with Crippen LogP contribution in [-0.4, -0.2) is 39.8 Å². The van der Waals surface area contributed by atoms with E-state index in [-0.39, 0.29) is 12.5 Å². The van der Waals surface area contributed by atoms with E-state index in [2.05, 4.69) is 16.7 Å². The van der Waals surface area contributed by atoms with Crippen molar-refractivity contribution in [1.82, 2.24) is 15.0 Å². The van der Waals surface area contributed by atoms with Crippen LogP contribution < -0.4 is 0 Å². The van der Waals surface area contributed by atoms with Gasteiger partial charge in [0, 0.05) is 19.0 Å². The maximum absolute atomic E-state index is 8.89. The number of hydrogen-bond donors (Lipinski definition) is 1. The van der Waals surface area contributed by atoms with Crippen molar-refractivity contribution < 1.29 is 9.63 Å². The summed E-state index contributed by atoms with van der Waals surface area (Å²) in [5, 5.41) is 12.8. The molecule has 0 amide bonds. The second-order valence-corrected chi connectivity index (χ2v) is 3.95. The molecule has 0 aliphatic rings. The van der Waals surface area contributed by atoms with Crippen molar-refractivity contribution in [2.45, 2.75) is 26.3 Å². The fraction of sp³-hybridized carbons (Fsp3) is 0.636. The molecule has 5 nitrogen and oxygen atoms in total. The average Bonchev–Trinajstić information content (AvgIpc) is 2.67. The Labute approximate surface area is 95.8 Å². The second-order valence-electron chi connectivity index (χ2n) is 3.95. The van der Waals surface area contributed by atoms with Crippen LogP contribution in [0.2, 0.25) is 0 Å². The molecule has 1 heterocycles. The van der Waals surface area contributed by atoms with Crippen molar-refractivity contribution in [3.8, 4) is 0 Å². The lowest BCUT2D eigenvalue weighted by Gasteiger charge is -2.16. The minimum atomic E-state index is 0.110. The van der Waals surface area contributed by atoms with Crippen LogP contribution >= 0.6 is 0 Å². The first-order valence-electron chi connectivity index (χ1n) is 5.44. The first-order chi connectivity index (χ1) is 7.67. The lowest BCUT2D eigenvalue weighted by molar-refractivity contribution is 0.186. The van der Waals surface area contributed by atoms with E-state index in [1.54, 1.807) is 6.08 Å². The van der Waals surface area contributed by atoms with E-state index in [1.807, 2.05) is 18.7 Å². The van der Waals surface area contributed by atoms with E-state index in [4.69, 9.17) is 9.63 Å². The predicted molar refractivity (Wildman–Crippen MR) is 60.9 cm³/mol. The van der Waals surface area contributed by atoms with Crippen LogP contribution in [0.4, 0.5) is 0 Å². The lowest BCUT2D eigenvalue weighted by atomic mass is 10.2. The van der Waals surface area contributed by atoms with E-state index >= 15 is 0 Å². The van der Waals surface area contributed by atoms with Crippen molar-refractivity contribution >= 4 is 0 Å². The van der Waals surface area contributed by atoms with Crippen molar-refractivity contribution in [3.63, 3.8) is 0 Å². The molecule has 1 N–H and O–H groups in total. The van der Waals surface area contributed by atoms with Crippen molar-refractivity contribution in [2.75, 3.05) is 19.7 Å². The number of aliphatic hydroxyl groups is 1. The molecule has 0 saturated heterocycles. The first kappa shape index (κ1) is 12.9. The number of hydrogen-bond acceptors (Lipinski definition) is 5. The van der Waals surface area contributed by atoms with E-state index in [1.165, 1.54) is 0 Å². The molecule has 1 aromatic rings. The number of aromatic nitrogens is 2. The maximum Gasteiger partial charge on any atom is 0.240 e. The molecule has 0 unspecified atom stereocenters. The van der Waals surface area contributed by atoms with Gasteiger partial charge in [0.15, 0.2) is 5.82 Å². The molecule has 16 heavy (non-hydrogen) atoms. The van der Waals surface area contributed by atoms with Crippen LogP contribution in [0, 0.1) is 0 Å². The van der Waals surface area contributed by atoms with Gasteiger partial charge in [0.05, 0.1) is 13.2 Å². The fourth-order valence-corrected chi connectivity index (χ4v) is 1.32. The third kappa shape index (κ3) is 3.75. The predicted octanol–water partition coefficient (Wildman–Crippen LogP) is 1.17. The second kappa shape index (κ2) is 6.40. The number of aliphatic hydroxyl groups excluding tert-OH is 1. The highest BCUT2D eigenvalue weighted by molar-refractivity contribution is 4.92. The van der Waals surface area contributed by atoms with Gasteiger partial charge >= 0.3 is 0 Å². The zero-order chi connectivity index (χ0) is 12.0. The van der Waals surface area contributed by atoms with Gasteiger partial charge < -0.3 is 9.63 Å². The smallest absolute Gasteiger partial charge is 0.240 e. The molecule has 0 fully saturated rings. The summed E-state index contributed by atoms with van der Waals surface area (Å²) in [4.78, 5) is 6.27. The fourth-order valence-electron chi connectivity index (χ4n) is 1.32. The number of rotatable bonds is 7. The van der Waals surface area contributed by atoms with Gasteiger partial charge in [-0.1, -0.05) is 25.1 Å². The molecule has 1 rings (SSSR count). The van der Waals surface area contributed by atoms with Gasteiger partial charge in [-0.15, -0.1) is 6.58 Å². The molecule has 0 aliphatic heterocycles. The van der Waals surface area contributed by atoms with Crippen molar-refractivity contribution in [3.05, 3.63) is 24.4 Å². The summed E-state index contributed by atoms with van der Waals surface area (Å²) in [5.74, 6) is 1.57. The minimum absolute atomic E-state index is 0.110. The van der Waals surface area contributed by atoms with E-state index in [0.717, 1.165) is 5.82 Å². The monoisotopic (exact) mass is 225 g/mol. The molecule has 0 spiro atoms. The van der Waals surface area contributed by atoms with E-state index < -0.39 is 0 Å². The van der Waals surface area contributed by atoms with Crippen molar-refractivity contribution in [1.29, 1.82) is 0 Å². The van der Waals surface area contributed by atoms with E-state index in [0.29, 0.717) is 25.5 Å². The maximum atomic E-state index is 8.89. The van der Waals surface area contributed by atoms with Crippen LogP contribution in [-0.2, 0) is 6.54 Å². The van der Waals surface area contributed by atoms with Crippen LogP contribution in [0.3, 0.4) is 0 Å². The molecular weight excluding hydrogens is 206 g/mol. The summed E-state index contributed by atoms with van der Waals surface area (Å²) in [5.41, 5.74) is 0. The van der Waals surface area contributed by atoms with Gasteiger partial charge in [0.25, 0.3) is 0 Å². The first-order valence-corrected chi connectivity index (χ1v) is 5.44. The Balaban J connectivity index is 2.58. The largest absolute Gasteiger partial charge is 0.395 e. The average molecular weight is 225 g/mol. The zero-order valence-corrected chi connectivity index (χ0v) is 9.89. The van der Waals surface area contributed by atoms with Crippen LogP contribution in [0.15, 0.2) is 17.2 Å². The highest BCUT2D eigenvalue weighted by Gasteiger charge is 2.12. The molecule has 0 radical (unpaired) electrons. The topological polar surface area (TPSA) is 62.4 Å². The van der Waals surface area contributed by atoms with Crippen molar-refractivity contribution in [2.24, 2.45) is 0 Å². The Morgan fingerprint density at radius 1 is 1.56 bits per heavy atom. The molecule has 90 valence electrons. The van der Waals surface area contributed by atoms with Crippen LogP contribution in [0.1, 0.15) is 31.5 Å². The zero-order valence-electron chi connectivity index (χ0n) is 9.89. The summed E-state index contributed by atoms with van der Waals surface area (Å²) < 4.78 is 5.13. The molecule has 0 atom stereocenters.